The molecule has 0 saturated carbocycles. The van der Waals surface area contributed by atoms with Gasteiger partial charge in [0.15, 0.2) is 23.3 Å². The monoisotopic (exact) mass is 1100 g/mol. The van der Waals surface area contributed by atoms with Gasteiger partial charge >= 0.3 is 0 Å². The molecule has 406 valence electrons. The summed E-state index contributed by atoms with van der Waals surface area (Å²) in [5.41, 5.74) is 22.3. The van der Waals surface area contributed by atoms with Crippen molar-refractivity contribution in [2.24, 2.45) is 0 Å². The van der Waals surface area contributed by atoms with Crippen LogP contribution in [0, 0.1) is 0 Å². The Morgan fingerprint density at radius 1 is 0.244 bits per heavy atom. The van der Waals surface area contributed by atoms with Crippen LogP contribution in [0.3, 0.4) is 0 Å². The normalized spacial score (nSPS) is 13.5. The van der Waals surface area contributed by atoms with Crippen molar-refractivity contribution >= 4 is 43.6 Å². The molecule has 8 nitrogen and oxygen atoms in total. The molecule has 0 bridgehead atoms. The van der Waals surface area contributed by atoms with E-state index in [1.54, 1.807) is 0 Å². The first kappa shape index (κ1) is 49.6. The maximum absolute atomic E-state index is 5.37. The number of hydrogen-bond donors (Lipinski definition) is 0. The minimum atomic E-state index is -0.312. The second-order valence-corrected chi connectivity index (χ2v) is 23.9. The van der Waals surface area contributed by atoms with E-state index in [1.807, 2.05) is 54.6 Å². The van der Waals surface area contributed by atoms with Gasteiger partial charge in [0, 0.05) is 54.6 Å². The fourth-order valence-corrected chi connectivity index (χ4v) is 14.0. The molecule has 0 spiro atoms. The van der Waals surface area contributed by atoms with Crippen LogP contribution in [0.5, 0.6) is 0 Å². The third-order valence-corrected chi connectivity index (χ3v) is 18.3. The van der Waals surface area contributed by atoms with Crippen molar-refractivity contribution in [2.75, 3.05) is 0 Å². The zero-order valence-electron chi connectivity index (χ0n) is 47.8. The predicted molar refractivity (Wildman–Crippen MR) is 350 cm³/mol. The van der Waals surface area contributed by atoms with Crippen LogP contribution in [-0.2, 0) is 10.8 Å². The molecule has 0 N–H and O–H groups in total. The van der Waals surface area contributed by atoms with Crippen molar-refractivity contribution in [2.45, 2.75) is 38.5 Å². The smallest absolute Gasteiger partial charge is 0.238 e. The lowest BCUT2D eigenvalue weighted by Crippen LogP contribution is -2.15. The lowest BCUT2D eigenvalue weighted by atomic mass is 9.81. The Morgan fingerprint density at radius 2 is 0.640 bits per heavy atom. The largest absolute Gasteiger partial charge is 0.278 e. The molecule has 4 aromatic heterocycles. The fraction of sp³-hybridized carbons (Fsp3) is 0.0769. The minimum absolute atomic E-state index is 0.176. The lowest BCUT2D eigenvalue weighted by Gasteiger charge is -2.22. The van der Waals surface area contributed by atoms with E-state index in [-0.39, 0.29) is 10.8 Å². The van der Waals surface area contributed by atoms with Crippen LogP contribution in [-0.4, -0.2) is 39.0 Å². The van der Waals surface area contributed by atoms with E-state index in [2.05, 4.69) is 237 Å². The molecule has 2 aliphatic carbocycles. The summed E-state index contributed by atoms with van der Waals surface area (Å²) in [5, 5.41) is 4.61. The van der Waals surface area contributed by atoms with Gasteiger partial charge in [0.2, 0.25) is 11.9 Å². The van der Waals surface area contributed by atoms with Crippen molar-refractivity contribution in [1.82, 2.24) is 39.0 Å². The SMILES string of the molecule is CC1(C)c2ccccc2-c2cc3c4ccccc4n(-c4nc(-c5ccccc5)nc(-c5ccc(-c6cccc(-c7cccc8c7-c7cc9c%10ccccc%10n(-c%10nc(-c%11ccccc%11)nc(-c%11ccccc%11)n%10)c9cc7C8(C)C)c6)cc5)n4)c3cc21. The first-order valence-corrected chi connectivity index (χ1v) is 29.4. The van der Waals surface area contributed by atoms with Crippen molar-refractivity contribution < 1.29 is 0 Å². The highest BCUT2D eigenvalue weighted by atomic mass is 15.2. The second kappa shape index (κ2) is 18.8. The topological polar surface area (TPSA) is 87.2 Å². The quantitative estimate of drug-likeness (QED) is 0.151. The molecule has 0 aliphatic heterocycles. The number of rotatable bonds is 8. The van der Waals surface area contributed by atoms with Crippen LogP contribution in [0.1, 0.15) is 49.9 Å². The number of para-hydroxylation sites is 2. The van der Waals surface area contributed by atoms with Crippen LogP contribution in [0.25, 0.3) is 146 Å². The van der Waals surface area contributed by atoms with Gasteiger partial charge in [0.25, 0.3) is 0 Å². The third-order valence-electron chi connectivity index (χ3n) is 18.3. The first-order valence-electron chi connectivity index (χ1n) is 29.4. The number of fused-ring (bicyclic) bond motifs is 12. The Labute approximate surface area is 497 Å². The van der Waals surface area contributed by atoms with Gasteiger partial charge in [0.05, 0.1) is 22.1 Å². The average molecular weight is 1100 g/mol. The maximum Gasteiger partial charge on any atom is 0.238 e. The summed E-state index contributed by atoms with van der Waals surface area (Å²) < 4.78 is 4.47. The predicted octanol–water partition coefficient (Wildman–Crippen LogP) is 18.9. The molecule has 86 heavy (non-hydrogen) atoms. The molecule has 0 amide bonds. The average Bonchev–Trinajstić information content (AvgIpc) is 1.70. The summed E-state index contributed by atoms with van der Waals surface area (Å²) in [7, 11) is 0. The number of aromatic nitrogens is 8. The molecule has 17 rings (SSSR count). The highest BCUT2D eigenvalue weighted by Gasteiger charge is 2.39. The molecule has 0 unspecified atom stereocenters. The number of nitrogens with zero attached hydrogens (tertiary/aromatic N) is 8. The van der Waals surface area contributed by atoms with Crippen LogP contribution < -0.4 is 0 Å². The van der Waals surface area contributed by atoms with E-state index in [0.29, 0.717) is 35.2 Å². The molecule has 4 heterocycles. The summed E-state index contributed by atoms with van der Waals surface area (Å²) in [6.45, 7) is 9.38. The Kier molecular flexibility index (Phi) is 10.8. The zero-order valence-corrected chi connectivity index (χ0v) is 47.8. The Hall–Kier alpha value is -11.0. The van der Waals surface area contributed by atoms with Crippen LogP contribution in [0.2, 0.25) is 0 Å². The summed E-state index contributed by atoms with van der Waals surface area (Å²) in [6.07, 6.45) is 0. The molecule has 0 atom stereocenters. The Balaban J connectivity index is 0.762. The molecule has 11 aromatic carbocycles. The molecule has 2 aliphatic rings. The zero-order chi connectivity index (χ0) is 57.4. The molecular weight excluding hydrogens is 1050 g/mol. The van der Waals surface area contributed by atoms with Crippen LogP contribution in [0.4, 0.5) is 0 Å². The van der Waals surface area contributed by atoms with E-state index in [4.69, 9.17) is 29.9 Å². The van der Waals surface area contributed by atoms with Crippen LogP contribution in [0.15, 0.2) is 255 Å². The Morgan fingerprint density at radius 3 is 1.20 bits per heavy atom. The fourth-order valence-electron chi connectivity index (χ4n) is 14.0. The van der Waals surface area contributed by atoms with Gasteiger partial charge in [0.1, 0.15) is 0 Å². The molecule has 8 heteroatoms. The van der Waals surface area contributed by atoms with Crippen LogP contribution >= 0.6 is 0 Å². The molecule has 0 fully saturated rings. The van der Waals surface area contributed by atoms with Gasteiger partial charge in [-0.05, 0) is 109 Å². The van der Waals surface area contributed by atoms with Crippen molar-refractivity contribution in [3.63, 3.8) is 0 Å². The molecule has 0 saturated heterocycles. The minimum Gasteiger partial charge on any atom is -0.278 e. The highest BCUT2D eigenvalue weighted by molar-refractivity contribution is 6.13. The number of hydrogen-bond acceptors (Lipinski definition) is 6. The van der Waals surface area contributed by atoms with Gasteiger partial charge in [-0.2, -0.15) is 19.9 Å². The first-order chi connectivity index (χ1) is 42.1. The highest BCUT2D eigenvalue weighted by Crippen LogP contribution is 2.55. The summed E-state index contributed by atoms with van der Waals surface area (Å²) >= 11 is 0. The molecule has 0 radical (unpaired) electrons. The van der Waals surface area contributed by atoms with E-state index >= 15 is 0 Å². The third kappa shape index (κ3) is 7.55. The van der Waals surface area contributed by atoms with Crippen molar-refractivity contribution in [3.8, 4) is 102 Å². The standard InChI is InChI=1S/C78H54N8/c1-77(2)62-34-17-14-30-55(62)58-43-59-56-31-15-18-36-66(56)85(68(59)45-64(58)77)76-83-73(50-26-12-7-13-27-50)80-74(84-76)51-40-38-47(39-41-51)52-28-20-29-53(42-52)54-33-21-35-63-70(54)61-44-60-57-32-16-19-37-67(57)86(69(60)46-65(61)78(63,3)4)75-81-71(48-22-8-5-9-23-48)79-72(82-75)49-24-10-6-11-25-49/h5-46H,1-4H3. The van der Waals surface area contributed by atoms with E-state index in [1.165, 1.54) is 55.5 Å². The van der Waals surface area contributed by atoms with E-state index in [0.717, 1.165) is 77.2 Å². The molecule has 15 aromatic rings. The van der Waals surface area contributed by atoms with Crippen molar-refractivity contribution in [1.29, 1.82) is 0 Å². The second-order valence-electron chi connectivity index (χ2n) is 23.9. The maximum atomic E-state index is 5.37. The summed E-state index contributed by atoms with van der Waals surface area (Å²) in [4.78, 5) is 31.4. The van der Waals surface area contributed by atoms with Gasteiger partial charge in [-0.1, -0.05) is 240 Å². The summed E-state index contributed by atoms with van der Waals surface area (Å²) in [5.74, 6) is 3.63. The van der Waals surface area contributed by atoms with Gasteiger partial charge in [-0.15, -0.1) is 0 Å². The number of benzene rings is 11. The van der Waals surface area contributed by atoms with E-state index in [9.17, 15) is 0 Å². The summed E-state index contributed by atoms with van der Waals surface area (Å²) in [6, 6.07) is 90.7. The van der Waals surface area contributed by atoms with E-state index < -0.39 is 0 Å². The molecular formula is C78H54N8. The van der Waals surface area contributed by atoms with Gasteiger partial charge in [-0.25, -0.2) is 9.97 Å². The van der Waals surface area contributed by atoms with Crippen molar-refractivity contribution in [3.05, 3.63) is 277 Å². The van der Waals surface area contributed by atoms with Gasteiger partial charge in [-0.3, -0.25) is 9.13 Å². The van der Waals surface area contributed by atoms with Gasteiger partial charge < -0.3 is 0 Å². The Bertz CT molecular complexity index is 5210. The lowest BCUT2D eigenvalue weighted by molar-refractivity contribution is 0.661.